The molecule has 0 aliphatic carbocycles. The molecule has 4 heteroatoms. The van der Waals surface area contributed by atoms with Crippen molar-refractivity contribution in [2.75, 3.05) is 6.61 Å². The lowest BCUT2D eigenvalue weighted by Crippen LogP contribution is -2.24. The standard InChI is InChI=1S/C21H20N2O2/c1-15-7-10-20(16(2)11-15)25-14-21(24)23-22-13-17-8-9-18-5-3-4-6-19(18)12-17/h3-13H,14H2,1-2H3,(H,23,24)/b22-13-. The van der Waals surface area contributed by atoms with E-state index in [1.165, 1.54) is 5.39 Å². The molecule has 3 aromatic carbocycles. The van der Waals surface area contributed by atoms with Gasteiger partial charge in [0.05, 0.1) is 6.21 Å². The molecule has 3 aromatic rings. The molecular formula is C21H20N2O2. The zero-order valence-corrected chi connectivity index (χ0v) is 14.3. The van der Waals surface area contributed by atoms with E-state index in [0.717, 1.165) is 22.1 Å². The van der Waals surface area contributed by atoms with Gasteiger partial charge in [-0.15, -0.1) is 0 Å². The molecule has 0 aliphatic heterocycles. The third-order valence-electron chi connectivity index (χ3n) is 3.87. The van der Waals surface area contributed by atoms with Crippen LogP contribution >= 0.6 is 0 Å². The van der Waals surface area contributed by atoms with E-state index in [1.54, 1.807) is 6.21 Å². The minimum absolute atomic E-state index is 0.0705. The monoisotopic (exact) mass is 332 g/mol. The molecule has 0 radical (unpaired) electrons. The molecule has 4 nitrogen and oxygen atoms in total. The molecule has 0 atom stereocenters. The van der Waals surface area contributed by atoms with Crippen molar-refractivity contribution in [1.29, 1.82) is 0 Å². The molecule has 0 saturated carbocycles. The fraction of sp³-hybridized carbons (Fsp3) is 0.143. The van der Waals surface area contributed by atoms with Gasteiger partial charge >= 0.3 is 0 Å². The molecule has 0 bridgehead atoms. The number of nitrogens with one attached hydrogen (secondary N) is 1. The first-order valence-electron chi connectivity index (χ1n) is 8.12. The van der Waals surface area contributed by atoms with E-state index in [2.05, 4.69) is 16.6 Å². The number of hydrazone groups is 1. The van der Waals surface area contributed by atoms with Gasteiger partial charge in [0.25, 0.3) is 5.91 Å². The maximum atomic E-state index is 11.8. The number of carbonyl (C=O) groups is 1. The molecule has 1 amide bonds. The van der Waals surface area contributed by atoms with Crippen molar-refractivity contribution >= 4 is 22.9 Å². The molecule has 0 saturated heterocycles. The number of rotatable bonds is 5. The van der Waals surface area contributed by atoms with Gasteiger partial charge in [0.15, 0.2) is 6.61 Å². The van der Waals surface area contributed by atoms with E-state index in [0.29, 0.717) is 5.75 Å². The Kier molecular flexibility index (Phi) is 5.09. The SMILES string of the molecule is Cc1ccc(OCC(=O)N/N=C\c2ccc3ccccc3c2)c(C)c1. The summed E-state index contributed by atoms with van der Waals surface area (Å²) in [5.74, 6) is 0.413. The van der Waals surface area contributed by atoms with Crippen LogP contribution in [0.3, 0.4) is 0 Å². The number of fused-ring (bicyclic) bond motifs is 1. The van der Waals surface area contributed by atoms with Crippen molar-refractivity contribution < 1.29 is 9.53 Å². The lowest BCUT2D eigenvalue weighted by atomic mass is 10.1. The van der Waals surface area contributed by atoms with Crippen molar-refractivity contribution in [1.82, 2.24) is 5.43 Å². The summed E-state index contributed by atoms with van der Waals surface area (Å²) >= 11 is 0. The van der Waals surface area contributed by atoms with Crippen LogP contribution in [0.2, 0.25) is 0 Å². The third kappa shape index (κ3) is 4.44. The topological polar surface area (TPSA) is 50.7 Å². The van der Waals surface area contributed by atoms with E-state index in [-0.39, 0.29) is 12.5 Å². The van der Waals surface area contributed by atoms with Crippen LogP contribution in [0.25, 0.3) is 10.8 Å². The minimum atomic E-state index is -0.294. The second-order valence-electron chi connectivity index (χ2n) is 5.96. The zero-order chi connectivity index (χ0) is 17.6. The summed E-state index contributed by atoms with van der Waals surface area (Å²) in [4.78, 5) is 11.8. The van der Waals surface area contributed by atoms with Gasteiger partial charge in [0.1, 0.15) is 5.75 Å². The molecule has 0 unspecified atom stereocenters. The highest BCUT2D eigenvalue weighted by atomic mass is 16.5. The second kappa shape index (κ2) is 7.62. The number of hydrogen-bond donors (Lipinski definition) is 1. The lowest BCUT2D eigenvalue weighted by molar-refractivity contribution is -0.123. The maximum absolute atomic E-state index is 11.8. The van der Waals surface area contributed by atoms with E-state index >= 15 is 0 Å². The number of hydrogen-bond acceptors (Lipinski definition) is 3. The second-order valence-corrected chi connectivity index (χ2v) is 5.96. The van der Waals surface area contributed by atoms with E-state index in [4.69, 9.17) is 4.74 Å². The van der Waals surface area contributed by atoms with E-state index < -0.39 is 0 Å². The molecular weight excluding hydrogens is 312 g/mol. The van der Waals surface area contributed by atoms with Gasteiger partial charge in [-0.1, -0.05) is 54.1 Å². The van der Waals surface area contributed by atoms with Crippen LogP contribution in [0.15, 0.2) is 65.8 Å². The van der Waals surface area contributed by atoms with Gasteiger partial charge in [-0.2, -0.15) is 5.10 Å². The average molecular weight is 332 g/mol. The van der Waals surface area contributed by atoms with Gasteiger partial charge in [0.2, 0.25) is 0 Å². The quantitative estimate of drug-likeness (QED) is 0.567. The van der Waals surface area contributed by atoms with Crippen molar-refractivity contribution in [3.05, 3.63) is 77.4 Å². The number of nitrogens with zero attached hydrogens (tertiary/aromatic N) is 1. The fourth-order valence-electron chi connectivity index (χ4n) is 2.60. The minimum Gasteiger partial charge on any atom is -0.483 e. The highest BCUT2D eigenvalue weighted by Gasteiger charge is 2.04. The first kappa shape index (κ1) is 16.7. The maximum Gasteiger partial charge on any atom is 0.277 e. The molecule has 0 heterocycles. The van der Waals surface area contributed by atoms with Crippen LogP contribution in [0.1, 0.15) is 16.7 Å². The Morgan fingerprint density at radius 2 is 1.84 bits per heavy atom. The van der Waals surface area contributed by atoms with Crippen molar-refractivity contribution in [3.8, 4) is 5.75 Å². The lowest BCUT2D eigenvalue weighted by Gasteiger charge is -2.08. The predicted molar refractivity (Wildman–Crippen MR) is 101 cm³/mol. The van der Waals surface area contributed by atoms with Crippen molar-refractivity contribution in [3.63, 3.8) is 0 Å². The molecule has 0 aromatic heterocycles. The van der Waals surface area contributed by atoms with Crippen LogP contribution in [0, 0.1) is 13.8 Å². The molecule has 126 valence electrons. The van der Waals surface area contributed by atoms with E-state index in [1.807, 2.05) is 68.4 Å². The van der Waals surface area contributed by atoms with Crippen molar-refractivity contribution in [2.45, 2.75) is 13.8 Å². The largest absolute Gasteiger partial charge is 0.483 e. The third-order valence-corrected chi connectivity index (χ3v) is 3.87. The Labute approximate surface area is 147 Å². The van der Waals surface area contributed by atoms with Crippen molar-refractivity contribution in [2.24, 2.45) is 5.10 Å². The first-order valence-corrected chi connectivity index (χ1v) is 8.12. The Hall–Kier alpha value is -3.14. The fourth-order valence-corrected chi connectivity index (χ4v) is 2.60. The Balaban J connectivity index is 1.54. The summed E-state index contributed by atoms with van der Waals surface area (Å²) in [6, 6.07) is 20.0. The molecule has 25 heavy (non-hydrogen) atoms. The summed E-state index contributed by atoms with van der Waals surface area (Å²) in [5, 5.41) is 6.30. The Bertz CT molecular complexity index is 932. The molecule has 3 rings (SSSR count). The smallest absolute Gasteiger partial charge is 0.277 e. The predicted octanol–water partition coefficient (Wildman–Crippen LogP) is 3.99. The van der Waals surface area contributed by atoms with Gasteiger partial charge in [-0.3, -0.25) is 4.79 Å². The highest BCUT2D eigenvalue weighted by molar-refractivity contribution is 5.90. The normalized spacial score (nSPS) is 11.0. The first-order chi connectivity index (χ1) is 12.1. The zero-order valence-electron chi connectivity index (χ0n) is 14.3. The molecule has 0 aliphatic rings. The number of ether oxygens (including phenoxy) is 1. The summed E-state index contributed by atoms with van der Waals surface area (Å²) in [7, 11) is 0. The van der Waals surface area contributed by atoms with Gasteiger partial charge in [-0.25, -0.2) is 5.43 Å². The summed E-state index contributed by atoms with van der Waals surface area (Å²) in [6.07, 6.45) is 1.63. The van der Waals surface area contributed by atoms with E-state index in [9.17, 15) is 4.79 Å². The van der Waals surface area contributed by atoms with Crippen LogP contribution in [-0.2, 0) is 4.79 Å². The van der Waals surface area contributed by atoms with Gasteiger partial charge in [0, 0.05) is 0 Å². The number of amides is 1. The average Bonchev–Trinajstić information content (AvgIpc) is 2.61. The molecule has 0 spiro atoms. The summed E-state index contributed by atoms with van der Waals surface area (Å²) in [6.45, 7) is 3.90. The molecule has 1 N–H and O–H groups in total. The van der Waals surface area contributed by atoms with Crippen LogP contribution in [0.5, 0.6) is 5.75 Å². The summed E-state index contributed by atoms with van der Waals surface area (Å²) < 4.78 is 5.53. The van der Waals surface area contributed by atoms with Gasteiger partial charge in [-0.05, 0) is 47.9 Å². The van der Waals surface area contributed by atoms with Crippen LogP contribution in [-0.4, -0.2) is 18.7 Å². The Morgan fingerprint density at radius 3 is 2.64 bits per heavy atom. The Morgan fingerprint density at radius 1 is 1.04 bits per heavy atom. The molecule has 0 fully saturated rings. The number of benzene rings is 3. The number of aryl methyl sites for hydroxylation is 2. The van der Waals surface area contributed by atoms with Gasteiger partial charge < -0.3 is 4.74 Å². The summed E-state index contributed by atoms with van der Waals surface area (Å²) in [5.41, 5.74) is 5.58. The van der Waals surface area contributed by atoms with Crippen LogP contribution in [0.4, 0.5) is 0 Å². The highest BCUT2D eigenvalue weighted by Crippen LogP contribution is 2.18. The van der Waals surface area contributed by atoms with Crippen LogP contribution < -0.4 is 10.2 Å². The number of carbonyl (C=O) groups excluding carboxylic acids is 1.